The fourth-order valence-electron chi connectivity index (χ4n) is 2.13. The molecule has 1 saturated carbocycles. The van der Waals surface area contributed by atoms with Gasteiger partial charge in [0.15, 0.2) is 0 Å². The number of hydrogen-bond acceptors (Lipinski definition) is 4. The molecule has 1 fully saturated rings. The van der Waals surface area contributed by atoms with Crippen molar-refractivity contribution >= 4 is 25.6 Å². The topological polar surface area (TPSA) is 77.4 Å². The van der Waals surface area contributed by atoms with E-state index in [4.69, 9.17) is 15.4 Å². The largest absolute Gasteiger partial charge is 0.384 e. The molecule has 1 aromatic rings. The summed E-state index contributed by atoms with van der Waals surface area (Å²) < 4.78 is 29.5. The van der Waals surface area contributed by atoms with Crippen molar-refractivity contribution in [1.82, 2.24) is 9.88 Å². The molecule has 21 heavy (non-hydrogen) atoms. The first-order valence-corrected chi connectivity index (χ1v) is 9.07. The SMILES string of the molecule is COCC(C)CNC(=O)c1cc(S(=O)(=O)Cl)cn1C1CC1. The predicted octanol–water partition coefficient (Wildman–Crippen LogP) is 1.76. The Labute approximate surface area is 128 Å². The second-order valence-corrected chi connectivity index (χ2v) is 7.97. The van der Waals surface area contributed by atoms with Crippen LogP contribution in [0.5, 0.6) is 0 Å². The Bertz CT molecular complexity index is 622. The van der Waals surface area contributed by atoms with Gasteiger partial charge in [0.1, 0.15) is 10.6 Å². The molecule has 1 aromatic heterocycles. The van der Waals surface area contributed by atoms with Crippen LogP contribution in [0.2, 0.25) is 0 Å². The lowest BCUT2D eigenvalue weighted by atomic mass is 10.2. The Kier molecular flexibility index (Phi) is 4.95. The van der Waals surface area contributed by atoms with Crippen molar-refractivity contribution in [2.24, 2.45) is 5.92 Å². The van der Waals surface area contributed by atoms with Crippen molar-refractivity contribution in [3.05, 3.63) is 18.0 Å². The fraction of sp³-hybridized carbons (Fsp3) is 0.615. The van der Waals surface area contributed by atoms with Gasteiger partial charge in [0, 0.05) is 36.6 Å². The summed E-state index contributed by atoms with van der Waals surface area (Å²) in [5, 5.41) is 2.79. The van der Waals surface area contributed by atoms with E-state index in [-0.39, 0.29) is 22.8 Å². The molecule has 8 heteroatoms. The number of nitrogens with one attached hydrogen (secondary N) is 1. The van der Waals surface area contributed by atoms with Crippen LogP contribution in [0.15, 0.2) is 17.2 Å². The van der Waals surface area contributed by atoms with Crippen molar-refractivity contribution in [2.75, 3.05) is 20.3 Å². The second-order valence-electron chi connectivity index (χ2n) is 5.41. The summed E-state index contributed by atoms with van der Waals surface area (Å²) in [7, 11) is 3.13. The molecule has 118 valence electrons. The molecule has 0 bridgehead atoms. The summed E-state index contributed by atoms with van der Waals surface area (Å²) in [5.41, 5.74) is 0.335. The fourth-order valence-corrected chi connectivity index (χ4v) is 2.87. The number of nitrogens with zero attached hydrogens (tertiary/aromatic N) is 1. The molecule has 0 saturated heterocycles. The van der Waals surface area contributed by atoms with Crippen molar-refractivity contribution < 1.29 is 17.9 Å². The smallest absolute Gasteiger partial charge is 0.267 e. The molecule has 0 radical (unpaired) electrons. The number of rotatable bonds is 7. The van der Waals surface area contributed by atoms with Gasteiger partial charge in [-0.1, -0.05) is 6.92 Å². The highest BCUT2D eigenvalue weighted by Gasteiger charge is 2.30. The van der Waals surface area contributed by atoms with Gasteiger partial charge in [0.25, 0.3) is 15.0 Å². The predicted molar refractivity (Wildman–Crippen MR) is 79.1 cm³/mol. The van der Waals surface area contributed by atoms with E-state index in [1.807, 2.05) is 6.92 Å². The van der Waals surface area contributed by atoms with Gasteiger partial charge in [-0.05, 0) is 24.8 Å². The lowest BCUT2D eigenvalue weighted by Gasteiger charge is -2.12. The van der Waals surface area contributed by atoms with Crippen LogP contribution in [-0.2, 0) is 13.8 Å². The van der Waals surface area contributed by atoms with E-state index >= 15 is 0 Å². The maximum absolute atomic E-state index is 12.2. The van der Waals surface area contributed by atoms with Crippen LogP contribution in [0.4, 0.5) is 0 Å². The summed E-state index contributed by atoms with van der Waals surface area (Å²) in [6, 6.07) is 1.52. The van der Waals surface area contributed by atoms with Crippen molar-refractivity contribution in [1.29, 1.82) is 0 Å². The first-order chi connectivity index (χ1) is 9.82. The van der Waals surface area contributed by atoms with Crippen molar-refractivity contribution in [2.45, 2.75) is 30.7 Å². The highest BCUT2D eigenvalue weighted by atomic mass is 35.7. The maximum atomic E-state index is 12.2. The summed E-state index contributed by atoms with van der Waals surface area (Å²) in [6.45, 7) is 2.97. The Morgan fingerprint density at radius 3 is 2.76 bits per heavy atom. The molecular formula is C13H19ClN2O4S. The molecule has 1 unspecified atom stereocenters. The van der Waals surface area contributed by atoms with E-state index in [1.54, 1.807) is 11.7 Å². The van der Waals surface area contributed by atoms with Crippen LogP contribution in [0.3, 0.4) is 0 Å². The van der Waals surface area contributed by atoms with Crippen LogP contribution in [0, 0.1) is 5.92 Å². The highest BCUT2D eigenvalue weighted by Crippen LogP contribution is 2.37. The number of halogens is 1. The van der Waals surface area contributed by atoms with E-state index in [2.05, 4.69) is 5.32 Å². The number of carbonyl (C=O) groups is 1. The molecule has 2 rings (SSSR count). The first kappa shape index (κ1) is 16.3. The van der Waals surface area contributed by atoms with Gasteiger partial charge in [-0.15, -0.1) is 0 Å². The van der Waals surface area contributed by atoms with Crippen LogP contribution in [0.1, 0.15) is 36.3 Å². The maximum Gasteiger partial charge on any atom is 0.267 e. The van der Waals surface area contributed by atoms with Crippen LogP contribution in [-0.4, -0.2) is 39.2 Å². The Balaban J connectivity index is 2.14. The van der Waals surface area contributed by atoms with Crippen LogP contribution >= 0.6 is 10.7 Å². The molecule has 1 aliphatic rings. The number of amides is 1. The third-order valence-corrected chi connectivity index (χ3v) is 4.66. The minimum absolute atomic E-state index is 0.0360. The minimum atomic E-state index is -3.83. The number of carbonyl (C=O) groups excluding carboxylic acids is 1. The van der Waals surface area contributed by atoms with Gasteiger partial charge in [-0.25, -0.2) is 8.42 Å². The van der Waals surface area contributed by atoms with Gasteiger partial charge in [-0.2, -0.15) is 0 Å². The zero-order valence-corrected chi connectivity index (χ0v) is 13.6. The van der Waals surface area contributed by atoms with Crippen molar-refractivity contribution in [3.63, 3.8) is 0 Å². The average Bonchev–Trinajstić information content (AvgIpc) is 3.13. The van der Waals surface area contributed by atoms with E-state index in [1.165, 1.54) is 12.3 Å². The number of methoxy groups -OCH3 is 1. The molecule has 0 spiro atoms. The van der Waals surface area contributed by atoms with Crippen LogP contribution in [0.25, 0.3) is 0 Å². The van der Waals surface area contributed by atoms with Crippen molar-refractivity contribution in [3.8, 4) is 0 Å². The van der Waals surface area contributed by atoms with Gasteiger partial charge in [-0.3, -0.25) is 4.79 Å². The zero-order chi connectivity index (χ0) is 15.6. The molecule has 1 amide bonds. The third kappa shape index (κ3) is 4.21. The monoisotopic (exact) mass is 334 g/mol. The minimum Gasteiger partial charge on any atom is -0.384 e. The molecular weight excluding hydrogens is 316 g/mol. The quantitative estimate of drug-likeness (QED) is 0.771. The Morgan fingerprint density at radius 1 is 1.57 bits per heavy atom. The van der Waals surface area contributed by atoms with E-state index in [0.29, 0.717) is 18.8 Å². The van der Waals surface area contributed by atoms with Gasteiger partial charge in [0.2, 0.25) is 0 Å². The Morgan fingerprint density at radius 2 is 2.24 bits per heavy atom. The molecule has 1 atom stereocenters. The lowest BCUT2D eigenvalue weighted by Crippen LogP contribution is -2.31. The molecule has 0 aromatic carbocycles. The molecule has 0 aliphatic heterocycles. The van der Waals surface area contributed by atoms with Gasteiger partial charge >= 0.3 is 0 Å². The van der Waals surface area contributed by atoms with E-state index in [9.17, 15) is 13.2 Å². The van der Waals surface area contributed by atoms with E-state index in [0.717, 1.165) is 12.8 Å². The summed E-state index contributed by atoms with van der Waals surface area (Å²) in [6.07, 6.45) is 3.32. The highest BCUT2D eigenvalue weighted by molar-refractivity contribution is 8.13. The summed E-state index contributed by atoms with van der Waals surface area (Å²) >= 11 is 0. The number of aromatic nitrogens is 1. The van der Waals surface area contributed by atoms with Crippen LogP contribution < -0.4 is 5.32 Å². The second kappa shape index (κ2) is 6.37. The number of ether oxygens (including phenoxy) is 1. The number of hydrogen-bond donors (Lipinski definition) is 1. The molecule has 1 heterocycles. The zero-order valence-electron chi connectivity index (χ0n) is 12.0. The Hall–Kier alpha value is -1.05. The third-order valence-electron chi connectivity index (χ3n) is 3.34. The van der Waals surface area contributed by atoms with E-state index < -0.39 is 9.05 Å². The summed E-state index contributed by atoms with van der Waals surface area (Å²) in [4.78, 5) is 12.2. The van der Waals surface area contributed by atoms with Gasteiger partial charge in [0.05, 0.1) is 6.61 Å². The van der Waals surface area contributed by atoms with Gasteiger partial charge < -0.3 is 14.6 Å². The molecule has 1 aliphatic carbocycles. The normalized spacial score (nSPS) is 16.7. The summed E-state index contributed by atoms with van der Waals surface area (Å²) in [5.74, 6) is -0.115. The standard InChI is InChI=1S/C13H19ClN2O4S/c1-9(8-20-2)6-15-13(17)12-5-11(21(14,18)19)7-16(12)10-3-4-10/h5,7,9-10H,3-4,6,8H2,1-2H3,(H,15,17). The molecule has 1 N–H and O–H groups in total. The lowest BCUT2D eigenvalue weighted by molar-refractivity contribution is 0.0924. The average molecular weight is 335 g/mol. The molecule has 6 nitrogen and oxygen atoms in total. The first-order valence-electron chi connectivity index (χ1n) is 6.76.